The number of hydrogen-bond donors (Lipinski definition) is 0. The topological polar surface area (TPSA) is 65.1 Å². The molecule has 29 heavy (non-hydrogen) atoms. The summed E-state index contributed by atoms with van der Waals surface area (Å²) in [5, 5.41) is -0.0213. The zero-order chi connectivity index (χ0) is 21.6. The lowest BCUT2D eigenvalue weighted by Gasteiger charge is -2.37. The number of hydrogen-bond acceptors (Lipinski definition) is 5. The van der Waals surface area contributed by atoms with E-state index < -0.39 is 29.6 Å². The summed E-state index contributed by atoms with van der Waals surface area (Å²) in [6, 6.07) is 4.68. The summed E-state index contributed by atoms with van der Waals surface area (Å²) in [5.74, 6) is -1.34. The van der Waals surface area contributed by atoms with E-state index in [1.54, 1.807) is 44.7 Å². The van der Waals surface area contributed by atoms with Crippen molar-refractivity contribution in [2.45, 2.75) is 52.2 Å². The second-order valence-corrected chi connectivity index (χ2v) is 8.42. The first-order valence-electron chi connectivity index (χ1n) is 9.81. The number of halogens is 2. The number of carbonyl (C=O) groups excluding carboxylic acids is 2. The van der Waals surface area contributed by atoms with Crippen molar-refractivity contribution >= 4 is 23.7 Å². The van der Waals surface area contributed by atoms with E-state index in [1.807, 2.05) is 0 Å². The zero-order valence-corrected chi connectivity index (χ0v) is 18.1. The minimum atomic E-state index is -0.747. The van der Waals surface area contributed by atoms with Crippen molar-refractivity contribution in [1.29, 1.82) is 0 Å². The minimum absolute atomic E-state index is 0.0213. The molecule has 1 aromatic carbocycles. The van der Waals surface area contributed by atoms with Crippen molar-refractivity contribution < 1.29 is 28.2 Å². The average molecular weight is 430 g/mol. The Hall–Kier alpha value is -1.86. The van der Waals surface area contributed by atoms with Gasteiger partial charge in [-0.3, -0.25) is 0 Å². The molecular weight excluding hydrogens is 401 g/mol. The molecule has 1 aliphatic rings. The molecule has 2 atom stereocenters. The van der Waals surface area contributed by atoms with Crippen molar-refractivity contribution in [1.82, 2.24) is 4.90 Å². The second-order valence-electron chi connectivity index (χ2n) is 8.01. The van der Waals surface area contributed by atoms with Gasteiger partial charge in [-0.05, 0) is 46.6 Å². The molecule has 1 fully saturated rings. The number of nitrogens with zero attached hydrogens (tertiary/aromatic N) is 1. The van der Waals surface area contributed by atoms with Gasteiger partial charge in [0.05, 0.1) is 17.7 Å². The van der Waals surface area contributed by atoms with E-state index in [9.17, 15) is 14.0 Å². The van der Waals surface area contributed by atoms with Crippen molar-refractivity contribution in [3.05, 3.63) is 34.6 Å². The van der Waals surface area contributed by atoms with Gasteiger partial charge >= 0.3 is 12.1 Å². The number of ether oxygens (including phenoxy) is 3. The Morgan fingerprint density at radius 1 is 1.34 bits per heavy atom. The van der Waals surface area contributed by atoms with Crippen molar-refractivity contribution in [3.63, 3.8) is 0 Å². The molecular formula is C21H29ClFNO5. The number of likely N-dealkylation sites (tertiary alicyclic amines) is 1. The Balaban J connectivity index is 2.21. The van der Waals surface area contributed by atoms with Crippen LogP contribution < -0.4 is 0 Å². The van der Waals surface area contributed by atoms with Crippen LogP contribution in [0.1, 0.15) is 52.2 Å². The van der Waals surface area contributed by atoms with Crippen LogP contribution in [0.2, 0.25) is 5.02 Å². The molecule has 1 unspecified atom stereocenters. The largest absolute Gasteiger partial charge is 0.464 e. The van der Waals surface area contributed by atoms with Crippen LogP contribution in [-0.4, -0.2) is 48.9 Å². The summed E-state index contributed by atoms with van der Waals surface area (Å²) in [5.41, 5.74) is -0.346. The van der Waals surface area contributed by atoms with Gasteiger partial charge in [-0.2, -0.15) is 0 Å². The Morgan fingerprint density at radius 2 is 2.07 bits per heavy atom. The lowest BCUT2D eigenvalue weighted by Crippen LogP contribution is -2.44. The van der Waals surface area contributed by atoms with E-state index in [0.29, 0.717) is 25.9 Å². The van der Waals surface area contributed by atoms with Crippen molar-refractivity contribution in [2.75, 3.05) is 26.3 Å². The molecule has 1 saturated heterocycles. The van der Waals surface area contributed by atoms with Gasteiger partial charge < -0.3 is 19.1 Å². The fraction of sp³-hybridized carbons (Fsp3) is 0.619. The molecule has 8 heteroatoms. The SMILES string of the molecule is CCOC(=O)CO[C@@H](c1cccc(Cl)c1F)C1CCCN(C(=O)OC(C)(C)C)C1. The zero-order valence-electron chi connectivity index (χ0n) is 17.4. The molecule has 1 amide bonds. The third kappa shape index (κ3) is 6.85. The van der Waals surface area contributed by atoms with E-state index in [2.05, 4.69) is 0 Å². The normalized spacial score (nSPS) is 18.3. The molecule has 1 heterocycles. The van der Waals surface area contributed by atoms with Crippen LogP contribution >= 0.6 is 11.6 Å². The van der Waals surface area contributed by atoms with Crippen LogP contribution in [0.5, 0.6) is 0 Å². The molecule has 2 rings (SSSR count). The van der Waals surface area contributed by atoms with Gasteiger partial charge in [0.1, 0.15) is 18.0 Å². The molecule has 0 bridgehead atoms. The first-order valence-corrected chi connectivity index (χ1v) is 10.2. The number of benzene rings is 1. The van der Waals surface area contributed by atoms with Crippen LogP contribution in [0.15, 0.2) is 18.2 Å². The van der Waals surface area contributed by atoms with Gasteiger partial charge in [-0.25, -0.2) is 14.0 Å². The van der Waals surface area contributed by atoms with E-state index >= 15 is 0 Å². The molecule has 0 spiro atoms. The predicted octanol–water partition coefficient (Wildman–Crippen LogP) is 4.75. The van der Waals surface area contributed by atoms with Crippen LogP contribution in [0.4, 0.5) is 9.18 Å². The predicted molar refractivity (Wildman–Crippen MR) is 107 cm³/mol. The van der Waals surface area contributed by atoms with Gasteiger partial charge in [0.25, 0.3) is 0 Å². The van der Waals surface area contributed by atoms with Crippen LogP contribution in [0, 0.1) is 11.7 Å². The highest BCUT2D eigenvalue weighted by Crippen LogP contribution is 2.36. The second kappa shape index (κ2) is 10.3. The molecule has 0 aliphatic carbocycles. The molecule has 0 N–H and O–H groups in total. The van der Waals surface area contributed by atoms with Crippen LogP contribution in [0.25, 0.3) is 0 Å². The van der Waals surface area contributed by atoms with Crippen molar-refractivity contribution in [3.8, 4) is 0 Å². The molecule has 1 aromatic rings. The summed E-state index contributed by atoms with van der Waals surface area (Å²) in [6.45, 7) is 7.91. The van der Waals surface area contributed by atoms with Crippen LogP contribution in [0.3, 0.4) is 0 Å². The molecule has 0 saturated carbocycles. The number of carbonyl (C=O) groups is 2. The summed E-state index contributed by atoms with van der Waals surface area (Å²) in [6.07, 6.45) is 0.255. The minimum Gasteiger partial charge on any atom is -0.464 e. The molecule has 6 nitrogen and oxygen atoms in total. The quantitative estimate of drug-likeness (QED) is 0.610. The Labute approximate surface area is 176 Å². The van der Waals surface area contributed by atoms with Crippen molar-refractivity contribution in [2.24, 2.45) is 5.92 Å². The first-order chi connectivity index (χ1) is 13.6. The van der Waals surface area contributed by atoms with Gasteiger partial charge in [0, 0.05) is 24.6 Å². The highest BCUT2D eigenvalue weighted by molar-refractivity contribution is 6.30. The Kier molecular flexibility index (Phi) is 8.28. The first kappa shape index (κ1) is 23.4. The molecule has 162 valence electrons. The summed E-state index contributed by atoms with van der Waals surface area (Å²) in [4.78, 5) is 25.9. The standard InChI is InChI=1S/C21H29ClFNO5/c1-5-27-17(25)13-28-19(15-9-6-10-16(22)18(15)23)14-8-7-11-24(12-14)20(26)29-21(2,3)4/h6,9-10,14,19H,5,7-8,11-13H2,1-4H3/t14?,19-/m1/s1. The Morgan fingerprint density at radius 3 is 2.72 bits per heavy atom. The highest BCUT2D eigenvalue weighted by Gasteiger charge is 2.35. The van der Waals surface area contributed by atoms with Gasteiger partial charge in [0.2, 0.25) is 0 Å². The lowest BCUT2D eigenvalue weighted by atomic mass is 9.88. The van der Waals surface area contributed by atoms with E-state index in [0.717, 1.165) is 0 Å². The van der Waals surface area contributed by atoms with E-state index in [-0.39, 0.29) is 29.7 Å². The van der Waals surface area contributed by atoms with E-state index in [1.165, 1.54) is 6.07 Å². The Bertz CT molecular complexity index is 722. The van der Waals surface area contributed by atoms with Gasteiger partial charge in [-0.1, -0.05) is 23.7 Å². The maximum Gasteiger partial charge on any atom is 0.410 e. The van der Waals surface area contributed by atoms with Gasteiger partial charge in [0.15, 0.2) is 0 Å². The fourth-order valence-corrected chi connectivity index (χ4v) is 3.51. The van der Waals surface area contributed by atoms with Gasteiger partial charge in [-0.15, -0.1) is 0 Å². The number of rotatable bonds is 6. The third-order valence-electron chi connectivity index (χ3n) is 4.51. The number of piperidine rings is 1. The summed E-state index contributed by atoms with van der Waals surface area (Å²) in [7, 11) is 0. The summed E-state index contributed by atoms with van der Waals surface area (Å²) >= 11 is 5.95. The third-order valence-corrected chi connectivity index (χ3v) is 4.80. The number of amides is 1. The average Bonchev–Trinajstić information content (AvgIpc) is 2.64. The smallest absolute Gasteiger partial charge is 0.410 e. The fourth-order valence-electron chi connectivity index (χ4n) is 3.33. The maximum absolute atomic E-state index is 14.7. The summed E-state index contributed by atoms with van der Waals surface area (Å²) < 4.78 is 30.9. The highest BCUT2D eigenvalue weighted by atomic mass is 35.5. The lowest BCUT2D eigenvalue weighted by molar-refractivity contribution is -0.152. The maximum atomic E-state index is 14.7. The van der Waals surface area contributed by atoms with Crippen LogP contribution in [-0.2, 0) is 19.0 Å². The number of esters is 1. The molecule has 1 aliphatic heterocycles. The van der Waals surface area contributed by atoms with E-state index in [4.69, 9.17) is 25.8 Å². The molecule has 0 aromatic heterocycles. The monoisotopic (exact) mass is 429 g/mol. The molecule has 0 radical (unpaired) electrons.